The first kappa shape index (κ1) is 23.3. The Morgan fingerprint density at radius 3 is 2.27 bits per heavy atom. The van der Waals surface area contributed by atoms with Gasteiger partial charge in [0.05, 0.1) is 5.69 Å². The molecule has 33 heavy (non-hydrogen) atoms. The SMILES string of the molecule is CNC(=O)c1cccc(Oc2ccc(NC(=O)Nc3cc(C(C)(C)C)nn3C(=O)O)cc2)c1. The summed E-state index contributed by atoms with van der Waals surface area (Å²) in [5.41, 5.74) is 1.09. The first-order valence-electron chi connectivity index (χ1n) is 10.1. The van der Waals surface area contributed by atoms with Gasteiger partial charge in [-0.3, -0.25) is 10.1 Å². The van der Waals surface area contributed by atoms with Gasteiger partial charge in [0.1, 0.15) is 17.3 Å². The molecule has 0 bridgehead atoms. The molecule has 4 N–H and O–H groups in total. The predicted octanol–water partition coefficient (Wildman–Crippen LogP) is 4.50. The molecular weight excluding hydrogens is 426 g/mol. The molecule has 3 amide bonds. The Labute approximate surface area is 190 Å². The number of rotatable bonds is 5. The van der Waals surface area contributed by atoms with E-state index in [2.05, 4.69) is 21.0 Å². The maximum atomic E-state index is 12.4. The lowest BCUT2D eigenvalue weighted by atomic mass is 9.92. The van der Waals surface area contributed by atoms with Crippen molar-refractivity contribution in [1.82, 2.24) is 15.1 Å². The van der Waals surface area contributed by atoms with Gasteiger partial charge in [0.25, 0.3) is 5.91 Å². The molecule has 0 unspecified atom stereocenters. The number of hydrogen-bond donors (Lipinski definition) is 4. The average Bonchev–Trinajstić information content (AvgIpc) is 3.19. The van der Waals surface area contributed by atoms with Crippen LogP contribution in [-0.2, 0) is 5.41 Å². The third-order valence-corrected chi connectivity index (χ3v) is 4.57. The summed E-state index contributed by atoms with van der Waals surface area (Å²) in [6, 6.07) is 14.2. The lowest BCUT2D eigenvalue weighted by Crippen LogP contribution is -2.23. The lowest BCUT2D eigenvalue weighted by Gasteiger charge is -2.13. The van der Waals surface area contributed by atoms with Gasteiger partial charge in [0.15, 0.2) is 0 Å². The van der Waals surface area contributed by atoms with Crippen molar-refractivity contribution in [1.29, 1.82) is 0 Å². The van der Waals surface area contributed by atoms with Crippen molar-refractivity contribution in [3.8, 4) is 11.5 Å². The molecule has 3 aromatic rings. The van der Waals surface area contributed by atoms with Crippen LogP contribution in [0.15, 0.2) is 54.6 Å². The molecule has 2 aromatic carbocycles. The summed E-state index contributed by atoms with van der Waals surface area (Å²) < 4.78 is 6.49. The van der Waals surface area contributed by atoms with E-state index >= 15 is 0 Å². The number of nitrogens with zero attached hydrogens (tertiary/aromatic N) is 2. The molecule has 10 nitrogen and oxygen atoms in total. The number of aromatic nitrogens is 2. The summed E-state index contributed by atoms with van der Waals surface area (Å²) in [5, 5.41) is 21.1. The van der Waals surface area contributed by atoms with E-state index in [0.29, 0.717) is 28.4 Å². The fraction of sp³-hybridized carbons (Fsp3) is 0.217. The number of carbonyl (C=O) groups is 3. The summed E-state index contributed by atoms with van der Waals surface area (Å²) >= 11 is 0. The van der Waals surface area contributed by atoms with Crippen molar-refractivity contribution >= 4 is 29.5 Å². The van der Waals surface area contributed by atoms with Gasteiger partial charge >= 0.3 is 12.1 Å². The van der Waals surface area contributed by atoms with Gasteiger partial charge in [0.2, 0.25) is 0 Å². The molecule has 0 radical (unpaired) electrons. The quantitative estimate of drug-likeness (QED) is 0.451. The Kier molecular flexibility index (Phi) is 6.67. The molecule has 1 aromatic heterocycles. The highest BCUT2D eigenvalue weighted by atomic mass is 16.5. The van der Waals surface area contributed by atoms with Gasteiger partial charge in [-0.05, 0) is 42.5 Å². The maximum Gasteiger partial charge on any atom is 0.434 e. The number of carbonyl (C=O) groups excluding carboxylic acids is 2. The molecule has 0 atom stereocenters. The van der Waals surface area contributed by atoms with Crippen LogP contribution in [0, 0.1) is 0 Å². The van der Waals surface area contributed by atoms with Gasteiger partial charge in [-0.2, -0.15) is 5.10 Å². The molecule has 0 saturated carbocycles. The van der Waals surface area contributed by atoms with Crippen molar-refractivity contribution in [2.24, 2.45) is 0 Å². The highest BCUT2D eigenvalue weighted by molar-refractivity contribution is 6.00. The van der Waals surface area contributed by atoms with Gasteiger partial charge in [-0.15, -0.1) is 4.68 Å². The van der Waals surface area contributed by atoms with Crippen LogP contribution < -0.4 is 20.7 Å². The normalized spacial score (nSPS) is 10.9. The van der Waals surface area contributed by atoms with Crippen LogP contribution in [0.4, 0.5) is 21.1 Å². The van der Waals surface area contributed by atoms with Crippen LogP contribution in [0.25, 0.3) is 0 Å². The number of ether oxygens (including phenoxy) is 1. The van der Waals surface area contributed by atoms with Crippen LogP contribution in [0.1, 0.15) is 36.8 Å². The second-order valence-corrected chi connectivity index (χ2v) is 8.17. The second-order valence-electron chi connectivity index (χ2n) is 8.17. The number of carboxylic acid groups (broad SMARTS) is 1. The smallest absolute Gasteiger partial charge is 0.434 e. The Morgan fingerprint density at radius 1 is 0.970 bits per heavy atom. The Morgan fingerprint density at radius 2 is 1.67 bits per heavy atom. The molecule has 10 heteroatoms. The standard InChI is InChI=1S/C23H25N5O5/c1-23(2,3)18-13-19(28(27-18)22(31)32)26-21(30)25-15-8-10-16(11-9-15)33-17-7-5-6-14(12-17)20(29)24-4/h5-13H,1-4H3,(H,24,29)(H,31,32)(H2,25,26,30). The lowest BCUT2D eigenvalue weighted by molar-refractivity contribution is 0.0962. The summed E-state index contributed by atoms with van der Waals surface area (Å²) in [6.45, 7) is 5.68. The van der Waals surface area contributed by atoms with E-state index in [9.17, 15) is 19.5 Å². The molecule has 172 valence electrons. The zero-order valence-electron chi connectivity index (χ0n) is 18.7. The van der Waals surface area contributed by atoms with Gasteiger partial charge in [0, 0.05) is 29.8 Å². The Bertz CT molecular complexity index is 1180. The molecule has 3 rings (SSSR count). The minimum absolute atomic E-state index is 0.0425. The van der Waals surface area contributed by atoms with Crippen LogP contribution >= 0.6 is 0 Å². The van der Waals surface area contributed by atoms with Crippen LogP contribution in [0.5, 0.6) is 11.5 Å². The number of amides is 3. The molecule has 0 aliphatic heterocycles. The summed E-state index contributed by atoms with van der Waals surface area (Å²) in [7, 11) is 1.55. The molecule has 0 spiro atoms. The van der Waals surface area contributed by atoms with Gasteiger partial charge in [-0.25, -0.2) is 9.59 Å². The van der Waals surface area contributed by atoms with E-state index in [1.165, 1.54) is 6.07 Å². The third kappa shape index (κ3) is 5.88. The molecule has 0 aliphatic carbocycles. The third-order valence-electron chi connectivity index (χ3n) is 4.57. The van der Waals surface area contributed by atoms with Crippen molar-refractivity contribution in [3.63, 3.8) is 0 Å². The van der Waals surface area contributed by atoms with Crippen molar-refractivity contribution in [2.45, 2.75) is 26.2 Å². The topological polar surface area (TPSA) is 135 Å². The number of benzene rings is 2. The summed E-state index contributed by atoms with van der Waals surface area (Å²) in [4.78, 5) is 35.6. The first-order valence-corrected chi connectivity index (χ1v) is 10.1. The predicted molar refractivity (Wildman–Crippen MR) is 123 cm³/mol. The van der Waals surface area contributed by atoms with E-state index in [4.69, 9.17) is 4.74 Å². The first-order chi connectivity index (χ1) is 15.6. The minimum Gasteiger partial charge on any atom is -0.463 e. The van der Waals surface area contributed by atoms with Crippen LogP contribution in [-0.4, -0.2) is 40.0 Å². The fourth-order valence-electron chi connectivity index (χ4n) is 2.85. The van der Waals surface area contributed by atoms with Crippen LogP contribution in [0.2, 0.25) is 0 Å². The van der Waals surface area contributed by atoms with E-state index in [1.807, 2.05) is 20.8 Å². The summed E-state index contributed by atoms with van der Waals surface area (Å²) in [5.74, 6) is 0.825. The van der Waals surface area contributed by atoms with Gasteiger partial charge < -0.3 is 20.5 Å². The van der Waals surface area contributed by atoms with Gasteiger partial charge in [-0.1, -0.05) is 26.8 Å². The molecule has 0 saturated heterocycles. The van der Waals surface area contributed by atoms with Crippen molar-refractivity contribution < 1.29 is 24.2 Å². The Balaban J connectivity index is 1.66. The maximum absolute atomic E-state index is 12.4. The fourth-order valence-corrected chi connectivity index (χ4v) is 2.85. The highest BCUT2D eigenvalue weighted by Gasteiger charge is 2.23. The number of urea groups is 1. The number of hydrogen-bond acceptors (Lipinski definition) is 5. The second kappa shape index (κ2) is 9.43. The zero-order chi connectivity index (χ0) is 24.2. The van der Waals surface area contributed by atoms with Crippen molar-refractivity contribution in [2.75, 3.05) is 17.7 Å². The monoisotopic (exact) mass is 451 g/mol. The Hall–Kier alpha value is -4.34. The van der Waals surface area contributed by atoms with Crippen molar-refractivity contribution in [3.05, 3.63) is 65.9 Å². The average molecular weight is 451 g/mol. The number of anilines is 2. The van der Waals surface area contributed by atoms with E-state index in [-0.39, 0.29) is 17.1 Å². The van der Waals surface area contributed by atoms with E-state index < -0.39 is 12.1 Å². The largest absolute Gasteiger partial charge is 0.463 e. The highest BCUT2D eigenvalue weighted by Crippen LogP contribution is 2.25. The van der Waals surface area contributed by atoms with Crippen LogP contribution in [0.3, 0.4) is 0 Å². The molecule has 0 fully saturated rings. The number of nitrogens with one attached hydrogen (secondary N) is 3. The molecule has 0 aliphatic rings. The summed E-state index contributed by atoms with van der Waals surface area (Å²) in [6.07, 6.45) is -1.30. The molecule has 1 heterocycles. The molecular formula is C23H25N5O5. The minimum atomic E-state index is -1.30. The van der Waals surface area contributed by atoms with E-state index in [0.717, 1.165) is 4.68 Å². The van der Waals surface area contributed by atoms with E-state index in [1.54, 1.807) is 55.6 Å². The zero-order valence-corrected chi connectivity index (χ0v) is 18.7.